The Labute approximate surface area is 129 Å². The van der Waals surface area contributed by atoms with Crippen LogP contribution < -0.4 is 9.62 Å². The number of aromatic nitrogens is 2. The highest BCUT2D eigenvalue weighted by Gasteiger charge is 2.22. The molecule has 0 spiro atoms. The molecule has 0 aliphatic carbocycles. The molecule has 1 heterocycles. The van der Waals surface area contributed by atoms with Gasteiger partial charge >= 0.3 is 0 Å². The quantitative estimate of drug-likeness (QED) is 0.934. The highest BCUT2D eigenvalue weighted by atomic mass is 35.5. The summed E-state index contributed by atoms with van der Waals surface area (Å²) in [6.45, 7) is 1.96. The molecule has 0 bridgehead atoms. The molecular formula is C13H17ClN4O2S. The second-order valence-electron chi connectivity index (χ2n) is 4.95. The van der Waals surface area contributed by atoms with Gasteiger partial charge in [-0.2, -0.15) is 8.42 Å². The van der Waals surface area contributed by atoms with Crippen molar-refractivity contribution in [3.8, 4) is 0 Å². The van der Waals surface area contributed by atoms with E-state index in [1.165, 1.54) is 10.9 Å². The largest absolute Gasteiger partial charge is 0.377 e. The Hall–Kier alpha value is -1.73. The number of anilines is 2. The smallest absolute Gasteiger partial charge is 0.282 e. The first-order valence-electron chi connectivity index (χ1n) is 6.20. The van der Waals surface area contributed by atoms with Crippen molar-refractivity contribution in [2.75, 3.05) is 23.7 Å². The standard InChI is InChI=1S/C13H17ClN4O2S/c1-9-5-6-10(7-11(9)17(2)3)16-21(19,20)13-12(14)18(4)8-15-13/h5-8,16H,1-4H3. The third kappa shape index (κ3) is 3.14. The summed E-state index contributed by atoms with van der Waals surface area (Å²) in [5.74, 6) is 0. The van der Waals surface area contributed by atoms with Crippen molar-refractivity contribution in [2.24, 2.45) is 7.05 Å². The van der Waals surface area contributed by atoms with Crippen LogP contribution >= 0.6 is 11.6 Å². The van der Waals surface area contributed by atoms with Gasteiger partial charge < -0.3 is 9.47 Å². The molecule has 0 saturated carbocycles. The van der Waals surface area contributed by atoms with E-state index in [4.69, 9.17) is 11.6 Å². The molecule has 0 aliphatic rings. The minimum Gasteiger partial charge on any atom is -0.377 e. The summed E-state index contributed by atoms with van der Waals surface area (Å²) in [5.41, 5.74) is 2.45. The predicted molar refractivity (Wildman–Crippen MR) is 84.5 cm³/mol. The number of imidazole rings is 1. The summed E-state index contributed by atoms with van der Waals surface area (Å²) in [6, 6.07) is 5.33. The minimum atomic E-state index is -3.81. The zero-order valence-electron chi connectivity index (χ0n) is 12.3. The average molecular weight is 329 g/mol. The van der Waals surface area contributed by atoms with E-state index in [0.29, 0.717) is 5.69 Å². The number of hydrogen-bond donors (Lipinski definition) is 1. The van der Waals surface area contributed by atoms with Crippen molar-refractivity contribution in [3.05, 3.63) is 35.2 Å². The summed E-state index contributed by atoms with van der Waals surface area (Å²) in [4.78, 5) is 5.75. The molecular weight excluding hydrogens is 312 g/mol. The van der Waals surface area contributed by atoms with Crippen molar-refractivity contribution >= 4 is 33.0 Å². The monoisotopic (exact) mass is 328 g/mol. The molecule has 1 aromatic heterocycles. The fourth-order valence-electron chi connectivity index (χ4n) is 1.93. The van der Waals surface area contributed by atoms with Gasteiger partial charge in [0.1, 0.15) is 5.15 Å². The lowest BCUT2D eigenvalue weighted by Crippen LogP contribution is -2.15. The first kappa shape index (κ1) is 15.7. The second-order valence-corrected chi connectivity index (χ2v) is 6.91. The van der Waals surface area contributed by atoms with Crippen LogP contribution in [0.4, 0.5) is 11.4 Å². The number of aryl methyl sites for hydroxylation is 2. The highest BCUT2D eigenvalue weighted by molar-refractivity contribution is 7.92. The van der Waals surface area contributed by atoms with Crippen LogP contribution in [0.5, 0.6) is 0 Å². The molecule has 114 valence electrons. The van der Waals surface area contributed by atoms with E-state index in [9.17, 15) is 8.42 Å². The molecule has 0 unspecified atom stereocenters. The molecule has 0 atom stereocenters. The van der Waals surface area contributed by atoms with Gasteiger partial charge in [-0.05, 0) is 24.6 Å². The number of benzene rings is 1. The van der Waals surface area contributed by atoms with Gasteiger partial charge in [-0.25, -0.2) is 4.98 Å². The number of hydrogen-bond acceptors (Lipinski definition) is 4. The van der Waals surface area contributed by atoms with E-state index < -0.39 is 10.0 Å². The van der Waals surface area contributed by atoms with Gasteiger partial charge in [-0.15, -0.1) is 0 Å². The second kappa shape index (κ2) is 5.57. The Balaban J connectivity index is 2.37. The molecule has 0 amide bonds. The predicted octanol–water partition coefficient (Wildman–Crippen LogP) is 2.25. The van der Waals surface area contributed by atoms with Crippen LogP contribution in [0.15, 0.2) is 29.6 Å². The fourth-order valence-corrected chi connectivity index (χ4v) is 3.42. The van der Waals surface area contributed by atoms with Crippen molar-refractivity contribution in [1.82, 2.24) is 9.55 Å². The SMILES string of the molecule is Cc1ccc(NS(=O)(=O)c2ncn(C)c2Cl)cc1N(C)C. The summed E-state index contributed by atoms with van der Waals surface area (Å²) < 4.78 is 28.6. The van der Waals surface area contributed by atoms with Crippen LogP contribution in [0, 0.1) is 6.92 Å². The van der Waals surface area contributed by atoms with Crippen molar-refractivity contribution in [3.63, 3.8) is 0 Å². The van der Waals surface area contributed by atoms with E-state index in [1.54, 1.807) is 19.2 Å². The van der Waals surface area contributed by atoms with E-state index in [-0.39, 0.29) is 10.2 Å². The number of nitrogens with one attached hydrogen (secondary N) is 1. The molecule has 0 fully saturated rings. The Bertz CT molecular complexity index is 768. The molecule has 1 aromatic carbocycles. The molecule has 8 heteroatoms. The minimum absolute atomic E-state index is 0.0717. The first-order chi connectivity index (χ1) is 9.72. The lowest BCUT2D eigenvalue weighted by atomic mass is 10.2. The van der Waals surface area contributed by atoms with Gasteiger partial charge in [-0.3, -0.25) is 4.72 Å². The third-order valence-electron chi connectivity index (χ3n) is 3.03. The summed E-state index contributed by atoms with van der Waals surface area (Å²) in [7, 11) is 1.62. The zero-order valence-corrected chi connectivity index (χ0v) is 13.8. The Morgan fingerprint density at radius 2 is 2.00 bits per heavy atom. The topological polar surface area (TPSA) is 67.2 Å². The van der Waals surface area contributed by atoms with E-state index in [1.807, 2.05) is 32.0 Å². The van der Waals surface area contributed by atoms with Gasteiger partial charge in [0, 0.05) is 26.8 Å². The molecule has 0 aliphatic heterocycles. The number of sulfonamides is 1. The van der Waals surface area contributed by atoms with E-state index in [0.717, 1.165) is 11.3 Å². The zero-order chi connectivity index (χ0) is 15.8. The molecule has 21 heavy (non-hydrogen) atoms. The fraction of sp³-hybridized carbons (Fsp3) is 0.308. The van der Waals surface area contributed by atoms with Crippen molar-refractivity contribution in [2.45, 2.75) is 11.9 Å². The summed E-state index contributed by atoms with van der Waals surface area (Å²) >= 11 is 5.94. The maximum absolute atomic E-state index is 12.3. The van der Waals surface area contributed by atoms with E-state index >= 15 is 0 Å². The Morgan fingerprint density at radius 3 is 2.52 bits per heavy atom. The molecule has 2 rings (SSSR count). The summed E-state index contributed by atoms with van der Waals surface area (Å²) in [6.07, 6.45) is 1.36. The van der Waals surface area contributed by atoms with Crippen LogP contribution in [-0.2, 0) is 17.1 Å². The lowest BCUT2D eigenvalue weighted by molar-refractivity contribution is 0.598. The summed E-state index contributed by atoms with van der Waals surface area (Å²) in [5, 5.41) is -0.110. The number of nitrogens with zero attached hydrogens (tertiary/aromatic N) is 3. The van der Waals surface area contributed by atoms with E-state index in [2.05, 4.69) is 9.71 Å². The molecule has 6 nitrogen and oxygen atoms in total. The third-order valence-corrected chi connectivity index (χ3v) is 4.90. The normalized spacial score (nSPS) is 11.5. The van der Waals surface area contributed by atoms with Gasteiger partial charge in [0.25, 0.3) is 10.0 Å². The van der Waals surface area contributed by atoms with Gasteiger partial charge in [0.2, 0.25) is 5.03 Å². The maximum atomic E-state index is 12.3. The van der Waals surface area contributed by atoms with Gasteiger partial charge in [0.15, 0.2) is 0 Å². The van der Waals surface area contributed by atoms with Crippen LogP contribution in [0.25, 0.3) is 0 Å². The van der Waals surface area contributed by atoms with Gasteiger partial charge in [-0.1, -0.05) is 17.7 Å². The lowest BCUT2D eigenvalue weighted by Gasteiger charge is -2.17. The number of rotatable bonds is 4. The van der Waals surface area contributed by atoms with Crippen LogP contribution in [0.2, 0.25) is 5.15 Å². The Kier molecular flexibility index (Phi) is 4.15. The average Bonchev–Trinajstić information content (AvgIpc) is 2.72. The van der Waals surface area contributed by atoms with Crippen LogP contribution in [-0.4, -0.2) is 32.1 Å². The maximum Gasteiger partial charge on any atom is 0.282 e. The van der Waals surface area contributed by atoms with Crippen LogP contribution in [0.1, 0.15) is 5.56 Å². The highest BCUT2D eigenvalue weighted by Crippen LogP contribution is 2.26. The molecule has 2 aromatic rings. The van der Waals surface area contributed by atoms with Crippen molar-refractivity contribution < 1.29 is 8.42 Å². The van der Waals surface area contributed by atoms with Crippen molar-refractivity contribution in [1.29, 1.82) is 0 Å². The molecule has 0 saturated heterocycles. The molecule has 0 radical (unpaired) electrons. The first-order valence-corrected chi connectivity index (χ1v) is 8.06. The van der Waals surface area contributed by atoms with Gasteiger partial charge in [0.05, 0.1) is 12.0 Å². The molecule has 1 N–H and O–H groups in total. The Morgan fingerprint density at radius 1 is 1.33 bits per heavy atom. The van der Waals surface area contributed by atoms with Crippen LogP contribution in [0.3, 0.4) is 0 Å². The number of halogens is 1.